The third-order valence-corrected chi connectivity index (χ3v) is 7.60. The summed E-state index contributed by atoms with van der Waals surface area (Å²) < 4.78 is 10.7. The minimum atomic E-state index is -0.0456. The van der Waals surface area contributed by atoms with Gasteiger partial charge in [-0.3, -0.25) is 9.69 Å². The highest BCUT2D eigenvalue weighted by Crippen LogP contribution is 2.28. The first-order valence-corrected chi connectivity index (χ1v) is 13.4. The van der Waals surface area contributed by atoms with Crippen LogP contribution in [0.4, 0.5) is 0 Å². The number of carbonyl (C=O) groups excluding carboxylic acids is 1. The number of benzene rings is 2. The fourth-order valence-corrected chi connectivity index (χ4v) is 5.61. The number of ether oxygens (including phenoxy) is 1. The van der Waals surface area contributed by atoms with Crippen molar-refractivity contribution in [2.75, 3.05) is 32.5 Å². The number of hydrogen-bond acceptors (Lipinski definition) is 7. The van der Waals surface area contributed by atoms with E-state index in [1.165, 1.54) is 0 Å². The van der Waals surface area contributed by atoms with Gasteiger partial charge in [-0.15, -0.1) is 0 Å². The number of halogens is 2. The molecule has 2 aromatic carbocycles. The molecule has 186 valence electrons. The fourth-order valence-electron chi connectivity index (χ4n) is 4.02. The molecule has 3 aromatic rings. The van der Waals surface area contributed by atoms with E-state index in [4.69, 9.17) is 32.5 Å². The molecule has 1 saturated heterocycles. The average molecular weight is 535 g/mol. The van der Waals surface area contributed by atoms with Gasteiger partial charge in [0.2, 0.25) is 17.6 Å². The molecule has 1 aliphatic heterocycles. The highest BCUT2D eigenvalue weighted by atomic mass is 35.5. The fraction of sp³-hybridized carbons (Fsp3) is 0.400. The van der Waals surface area contributed by atoms with Crippen molar-refractivity contribution in [2.45, 2.75) is 25.1 Å². The number of aromatic nitrogens is 2. The van der Waals surface area contributed by atoms with Gasteiger partial charge < -0.3 is 14.6 Å². The van der Waals surface area contributed by atoms with Crippen molar-refractivity contribution in [3.05, 3.63) is 64.0 Å². The Bertz CT molecular complexity index is 1110. The lowest BCUT2D eigenvalue weighted by molar-refractivity contribution is -0.126. The van der Waals surface area contributed by atoms with Crippen molar-refractivity contribution < 1.29 is 14.1 Å². The second kappa shape index (κ2) is 12.6. The topological polar surface area (TPSA) is 80.5 Å². The first kappa shape index (κ1) is 25.8. The van der Waals surface area contributed by atoms with Crippen molar-refractivity contribution in [2.24, 2.45) is 5.92 Å². The average Bonchev–Trinajstić information content (AvgIpc) is 3.34. The van der Waals surface area contributed by atoms with E-state index in [-0.39, 0.29) is 11.8 Å². The molecule has 7 nitrogen and oxygen atoms in total. The number of methoxy groups -OCH3 is 1. The maximum atomic E-state index is 12.7. The highest BCUT2D eigenvalue weighted by Gasteiger charge is 2.26. The molecular formula is C25H28Cl2N4O3S. The molecule has 1 aromatic heterocycles. The van der Waals surface area contributed by atoms with Crippen molar-refractivity contribution in [1.29, 1.82) is 0 Å². The Morgan fingerprint density at radius 1 is 1.23 bits per heavy atom. The molecule has 1 fully saturated rings. The zero-order valence-electron chi connectivity index (χ0n) is 19.5. The second-order valence-corrected chi connectivity index (χ2v) is 10.3. The third-order valence-electron chi connectivity index (χ3n) is 5.91. The lowest BCUT2D eigenvalue weighted by Crippen LogP contribution is -2.43. The zero-order chi connectivity index (χ0) is 24.6. The van der Waals surface area contributed by atoms with E-state index in [9.17, 15) is 4.79 Å². The summed E-state index contributed by atoms with van der Waals surface area (Å²) >= 11 is 14.1. The van der Waals surface area contributed by atoms with Gasteiger partial charge in [0.15, 0.2) is 0 Å². The van der Waals surface area contributed by atoms with Crippen molar-refractivity contribution >= 4 is 40.9 Å². The van der Waals surface area contributed by atoms with Gasteiger partial charge in [0, 0.05) is 40.2 Å². The van der Waals surface area contributed by atoms with Gasteiger partial charge in [-0.2, -0.15) is 16.7 Å². The van der Waals surface area contributed by atoms with Crippen LogP contribution in [0, 0.1) is 5.92 Å². The lowest BCUT2D eigenvalue weighted by atomic mass is 9.97. The van der Waals surface area contributed by atoms with E-state index < -0.39 is 0 Å². The van der Waals surface area contributed by atoms with Crippen LogP contribution in [0.3, 0.4) is 0 Å². The summed E-state index contributed by atoms with van der Waals surface area (Å²) in [6, 6.07) is 13.0. The number of carbonyl (C=O) groups is 1. The van der Waals surface area contributed by atoms with Crippen LogP contribution in [-0.2, 0) is 17.1 Å². The minimum absolute atomic E-state index is 0.0456. The van der Waals surface area contributed by atoms with Crippen LogP contribution < -0.4 is 10.1 Å². The Morgan fingerprint density at radius 3 is 2.74 bits per heavy atom. The van der Waals surface area contributed by atoms with Crippen LogP contribution in [0.5, 0.6) is 5.75 Å². The van der Waals surface area contributed by atoms with E-state index in [2.05, 4.69) is 20.4 Å². The standard InChI is InChI=1S/C25H28Cl2N4O3S/c1-33-19-9-7-17(8-10-19)24-29-23(34-30-24)15-31-12-3-4-18(14-31)25(32)28-11-13-35-16-20-21(26)5-2-6-22(20)27/h2,5-10,18H,3-4,11-16H2,1H3,(H,28,32). The normalized spacial score (nSPS) is 16.3. The molecule has 35 heavy (non-hydrogen) atoms. The number of piperidine rings is 1. The number of nitrogens with zero attached hydrogens (tertiary/aromatic N) is 3. The van der Waals surface area contributed by atoms with Gasteiger partial charge in [-0.05, 0) is 61.3 Å². The van der Waals surface area contributed by atoms with Crippen LogP contribution in [0.15, 0.2) is 47.0 Å². The SMILES string of the molecule is COc1ccc(-c2noc(CN3CCCC(C(=O)NCCSCc4c(Cl)cccc4Cl)C3)n2)cc1. The summed E-state index contributed by atoms with van der Waals surface area (Å²) in [7, 11) is 1.63. The lowest BCUT2D eigenvalue weighted by Gasteiger charge is -2.30. The quantitative estimate of drug-likeness (QED) is 0.352. The first-order chi connectivity index (χ1) is 17.0. The van der Waals surface area contributed by atoms with Gasteiger partial charge in [-0.1, -0.05) is 34.4 Å². The number of likely N-dealkylation sites (tertiary alicyclic amines) is 1. The largest absolute Gasteiger partial charge is 0.497 e. The van der Waals surface area contributed by atoms with Gasteiger partial charge >= 0.3 is 0 Å². The summed E-state index contributed by atoms with van der Waals surface area (Å²) in [5.74, 6) is 3.43. The summed E-state index contributed by atoms with van der Waals surface area (Å²) in [5.41, 5.74) is 1.80. The zero-order valence-corrected chi connectivity index (χ0v) is 21.8. The van der Waals surface area contributed by atoms with E-state index in [1.807, 2.05) is 42.5 Å². The molecule has 2 heterocycles. The van der Waals surface area contributed by atoms with Gasteiger partial charge in [0.05, 0.1) is 19.6 Å². The Hall–Kier alpha value is -2.26. The van der Waals surface area contributed by atoms with Gasteiger partial charge in [0.1, 0.15) is 5.75 Å². The predicted octanol–water partition coefficient (Wildman–Crippen LogP) is 5.31. The summed E-state index contributed by atoms with van der Waals surface area (Å²) in [6.45, 7) is 2.71. The Morgan fingerprint density at radius 2 is 2.00 bits per heavy atom. The van der Waals surface area contributed by atoms with Crippen LogP contribution in [0.1, 0.15) is 24.3 Å². The van der Waals surface area contributed by atoms with Gasteiger partial charge in [-0.25, -0.2) is 0 Å². The van der Waals surface area contributed by atoms with Crippen molar-refractivity contribution in [3.63, 3.8) is 0 Å². The van der Waals surface area contributed by atoms with Crippen molar-refractivity contribution in [1.82, 2.24) is 20.4 Å². The van der Waals surface area contributed by atoms with Crippen LogP contribution >= 0.6 is 35.0 Å². The molecule has 4 rings (SSSR count). The van der Waals surface area contributed by atoms with Gasteiger partial charge in [0.25, 0.3) is 0 Å². The predicted molar refractivity (Wildman–Crippen MR) is 140 cm³/mol. The molecule has 0 saturated carbocycles. The Labute approximate surface area is 219 Å². The molecule has 1 aliphatic rings. The number of amides is 1. The summed E-state index contributed by atoms with van der Waals surface area (Å²) in [4.78, 5) is 19.5. The van der Waals surface area contributed by atoms with E-state index in [0.717, 1.165) is 42.0 Å². The molecule has 1 N–H and O–H groups in total. The monoisotopic (exact) mass is 534 g/mol. The highest BCUT2D eigenvalue weighted by molar-refractivity contribution is 7.98. The molecule has 0 spiro atoms. The molecule has 1 atom stereocenters. The molecule has 0 aliphatic carbocycles. The van der Waals surface area contributed by atoms with Crippen LogP contribution in [-0.4, -0.2) is 53.4 Å². The maximum Gasteiger partial charge on any atom is 0.241 e. The molecule has 10 heteroatoms. The van der Waals surface area contributed by atoms with Crippen LogP contribution in [0.2, 0.25) is 10.0 Å². The second-order valence-electron chi connectivity index (χ2n) is 8.36. The Balaban J connectivity index is 1.21. The van der Waals surface area contributed by atoms with Crippen LogP contribution in [0.25, 0.3) is 11.4 Å². The van der Waals surface area contributed by atoms with E-state index in [0.29, 0.717) is 47.1 Å². The molecular weight excluding hydrogens is 507 g/mol. The maximum absolute atomic E-state index is 12.7. The number of rotatable bonds is 10. The third kappa shape index (κ3) is 7.13. The van der Waals surface area contributed by atoms with E-state index in [1.54, 1.807) is 18.9 Å². The number of nitrogens with one attached hydrogen (secondary N) is 1. The Kier molecular flexibility index (Phi) is 9.31. The van der Waals surface area contributed by atoms with E-state index >= 15 is 0 Å². The summed E-state index contributed by atoms with van der Waals surface area (Å²) in [5, 5.41) is 8.52. The summed E-state index contributed by atoms with van der Waals surface area (Å²) in [6.07, 6.45) is 1.84. The minimum Gasteiger partial charge on any atom is -0.497 e. The molecule has 0 bridgehead atoms. The van der Waals surface area contributed by atoms with Crippen molar-refractivity contribution in [3.8, 4) is 17.1 Å². The smallest absolute Gasteiger partial charge is 0.241 e. The first-order valence-electron chi connectivity index (χ1n) is 11.5. The number of thioether (sulfide) groups is 1. The number of hydrogen-bond donors (Lipinski definition) is 1. The molecule has 1 unspecified atom stereocenters. The molecule has 1 amide bonds. The molecule has 0 radical (unpaired) electrons.